The number of benzene rings is 2. The van der Waals surface area contributed by atoms with Gasteiger partial charge in [0, 0.05) is 43.0 Å². The van der Waals surface area contributed by atoms with Gasteiger partial charge in [-0.3, -0.25) is 9.59 Å². The van der Waals surface area contributed by atoms with Crippen LogP contribution in [0.4, 0.5) is 0 Å². The maximum atomic E-state index is 13.3. The van der Waals surface area contributed by atoms with Gasteiger partial charge in [-0.1, -0.05) is 30.3 Å². The van der Waals surface area contributed by atoms with Crippen molar-refractivity contribution in [3.05, 3.63) is 65.4 Å². The van der Waals surface area contributed by atoms with Crippen molar-refractivity contribution < 1.29 is 14.3 Å². The largest absolute Gasteiger partial charge is 0.497 e. The summed E-state index contributed by atoms with van der Waals surface area (Å²) in [7, 11) is 1.64. The summed E-state index contributed by atoms with van der Waals surface area (Å²) in [5.74, 6) is 0.756. The van der Waals surface area contributed by atoms with Gasteiger partial charge in [0.15, 0.2) is 0 Å². The van der Waals surface area contributed by atoms with Crippen molar-refractivity contribution in [2.45, 2.75) is 32.0 Å². The third-order valence-corrected chi connectivity index (χ3v) is 6.14. The number of ether oxygens (including phenoxy) is 1. The van der Waals surface area contributed by atoms with Gasteiger partial charge < -0.3 is 19.5 Å². The fourth-order valence-electron chi connectivity index (χ4n) is 4.80. The Hall–Kier alpha value is -3.28. The molecule has 5 rings (SSSR count). The number of hydrogen-bond acceptors (Lipinski definition) is 3. The lowest BCUT2D eigenvalue weighted by Gasteiger charge is -2.48. The molecule has 2 amide bonds. The fraction of sp³-hybridized carbons (Fsp3) is 0.304. The number of rotatable bonds is 3. The highest BCUT2D eigenvalue weighted by Gasteiger charge is 2.47. The van der Waals surface area contributed by atoms with Gasteiger partial charge >= 0.3 is 0 Å². The summed E-state index contributed by atoms with van der Waals surface area (Å²) in [6.45, 7) is 2.57. The van der Waals surface area contributed by atoms with Crippen molar-refractivity contribution in [2.24, 2.45) is 0 Å². The number of para-hydroxylation sites is 1. The Bertz CT molecular complexity index is 1100. The topological polar surface area (TPSA) is 65.6 Å². The van der Waals surface area contributed by atoms with E-state index >= 15 is 0 Å². The minimum Gasteiger partial charge on any atom is -0.497 e. The molecule has 6 heteroatoms. The molecule has 1 fully saturated rings. The summed E-state index contributed by atoms with van der Waals surface area (Å²) in [6.07, 6.45) is 0.549. The highest BCUT2D eigenvalue weighted by atomic mass is 16.5. The molecule has 2 aliphatic heterocycles. The predicted molar refractivity (Wildman–Crippen MR) is 109 cm³/mol. The maximum Gasteiger partial charge on any atom is 0.246 e. The van der Waals surface area contributed by atoms with E-state index in [1.54, 1.807) is 18.9 Å². The molecule has 0 spiro atoms. The van der Waals surface area contributed by atoms with Crippen molar-refractivity contribution in [2.75, 3.05) is 13.7 Å². The van der Waals surface area contributed by atoms with Gasteiger partial charge in [0.05, 0.1) is 13.2 Å². The van der Waals surface area contributed by atoms with E-state index in [2.05, 4.69) is 11.1 Å². The second kappa shape index (κ2) is 6.65. The molecule has 3 aromatic rings. The van der Waals surface area contributed by atoms with E-state index in [0.717, 1.165) is 27.9 Å². The van der Waals surface area contributed by atoms with Crippen molar-refractivity contribution in [1.29, 1.82) is 0 Å². The number of carbonyl (C=O) groups excluding carboxylic acids is 2. The Labute approximate surface area is 169 Å². The van der Waals surface area contributed by atoms with Crippen LogP contribution in [0, 0.1) is 0 Å². The molecule has 0 aliphatic carbocycles. The van der Waals surface area contributed by atoms with Gasteiger partial charge in [0.1, 0.15) is 11.8 Å². The molecule has 0 radical (unpaired) electrons. The number of methoxy groups -OCH3 is 1. The molecule has 1 saturated heterocycles. The van der Waals surface area contributed by atoms with E-state index in [0.29, 0.717) is 19.5 Å². The molecule has 2 atom stereocenters. The SMILES string of the molecule is COc1ccc(CN2C[C@@H]3c4[nH]c5ccccc5c4CC(C2=O)N3C(C)=O)cc1. The zero-order chi connectivity index (χ0) is 20.1. The number of hydrogen-bond donors (Lipinski definition) is 1. The Morgan fingerprint density at radius 1 is 1.14 bits per heavy atom. The van der Waals surface area contributed by atoms with Crippen LogP contribution in [0.2, 0.25) is 0 Å². The first-order valence-corrected chi connectivity index (χ1v) is 9.87. The summed E-state index contributed by atoms with van der Waals surface area (Å²) >= 11 is 0. The Balaban J connectivity index is 1.52. The van der Waals surface area contributed by atoms with E-state index in [-0.39, 0.29) is 17.9 Å². The van der Waals surface area contributed by atoms with Crippen LogP contribution in [-0.4, -0.2) is 46.3 Å². The molecule has 1 aromatic heterocycles. The first-order chi connectivity index (χ1) is 14.1. The highest BCUT2D eigenvalue weighted by molar-refractivity contribution is 5.93. The normalized spacial score (nSPS) is 20.7. The van der Waals surface area contributed by atoms with Crippen molar-refractivity contribution in [3.63, 3.8) is 0 Å². The Kier molecular flexibility index (Phi) is 4.08. The summed E-state index contributed by atoms with van der Waals surface area (Å²) in [4.78, 5) is 33.0. The molecule has 29 heavy (non-hydrogen) atoms. The lowest BCUT2D eigenvalue weighted by atomic mass is 9.87. The van der Waals surface area contributed by atoms with Gasteiger partial charge in [0.2, 0.25) is 11.8 Å². The minimum absolute atomic E-state index is 0.0169. The van der Waals surface area contributed by atoms with Gasteiger partial charge in [-0.2, -0.15) is 0 Å². The molecule has 2 bridgehead atoms. The number of aromatic nitrogens is 1. The number of H-pyrrole nitrogens is 1. The lowest BCUT2D eigenvalue weighted by Crippen LogP contribution is -2.62. The summed E-state index contributed by atoms with van der Waals surface area (Å²) in [5, 5.41) is 1.15. The second-order valence-corrected chi connectivity index (χ2v) is 7.79. The van der Waals surface area contributed by atoms with Crippen molar-refractivity contribution in [1.82, 2.24) is 14.8 Å². The van der Waals surface area contributed by atoms with E-state index < -0.39 is 6.04 Å². The van der Waals surface area contributed by atoms with Crippen LogP contribution in [0.15, 0.2) is 48.5 Å². The zero-order valence-corrected chi connectivity index (χ0v) is 16.5. The molecule has 148 valence electrons. The Morgan fingerprint density at radius 2 is 1.90 bits per heavy atom. The predicted octanol–water partition coefficient (Wildman–Crippen LogP) is 3.03. The van der Waals surface area contributed by atoms with Gasteiger partial charge in [-0.15, -0.1) is 0 Å². The second-order valence-electron chi connectivity index (χ2n) is 7.79. The van der Waals surface area contributed by atoms with Crippen LogP contribution in [-0.2, 0) is 22.6 Å². The monoisotopic (exact) mass is 389 g/mol. The van der Waals surface area contributed by atoms with E-state index in [1.165, 1.54) is 5.56 Å². The summed E-state index contributed by atoms with van der Waals surface area (Å²) in [6, 6.07) is 15.3. The molecule has 1 unspecified atom stereocenters. The summed E-state index contributed by atoms with van der Waals surface area (Å²) in [5.41, 5.74) is 4.34. The maximum absolute atomic E-state index is 13.3. The Morgan fingerprint density at radius 3 is 2.62 bits per heavy atom. The number of nitrogens with one attached hydrogen (secondary N) is 1. The molecular formula is C23H23N3O3. The number of nitrogens with zero attached hydrogens (tertiary/aromatic N) is 2. The number of amides is 2. The van der Waals surface area contributed by atoms with E-state index in [1.807, 2.05) is 47.4 Å². The third kappa shape index (κ3) is 2.78. The molecular weight excluding hydrogens is 366 g/mol. The van der Waals surface area contributed by atoms with Crippen LogP contribution in [0.1, 0.15) is 29.8 Å². The molecule has 3 heterocycles. The lowest BCUT2D eigenvalue weighted by molar-refractivity contribution is -0.157. The number of fused-ring (bicyclic) bond motifs is 6. The van der Waals surface area contributed by atoms with Crippen molar-refractivity contribution in [3.8, 4) is 5.75 Å². The minimum atomic E-state index is -0.448. The van der Waals surface area contributed by atoms with Crippen LogP contribution in [0.25, 0.3) is 10.9 Å². The van der Waals surface area contributed by atoms with Gasteiger partial charge in [-0.05, 0) is 29.3 Å². The summed E-state index contributed by atoms with van der Waals surface area (Å²) < 4.78 is 5.22. The van der Waals surface area contributed by atoms with Crippen LogP contribution < -0.4 is 4.74 Å². The van der Waals surface area contributed by atoms with Gasteiger partial charge in [0.25, 0.3) is 0 Å². The van der Waals surface area contributed by atoms with Crippen LogP contribution in [0.3, 0.4) is 0 Å². The first-order valence-electron chi connectivity index (χ1n) is 9.87. The molecule has 1 N–H and O–H groups in total. The fourth-order valence-corrected chi connectivity index (χ4v) is 4.80. The van der Waals surface area contributed by atoms with E-state index in [4.69, 9.17) is 4.74 Å². The smallest absolute Gasteiger partial charge is 0.246 e. The standard InChI is InChI=1S/C23H23N3O3/c1-14(27)26-20-11-18-17-5-3-4-6-19(17)24-22(18)21(26)13-25(23(20)28)12-15-7-9-16(29-2)10-8-15/h3-10,20-21,24H,11-13H2,1-2H3/t20?,21-/m1/s1. The first kappa shape index (κ1) is 17.8. The average molecular weight is 389 g/mol. The van der Waals surface area contributed by atoms with Gasteiger partial charge in [-0.25, -0.2) is 0 Å². The van der Waals surface area contributed by atoms with Crippen LogP contribution in [0.5, 0.6) is 5.75 Å². The number of aromatic amines is 1. The number of piperazine rings is 1. The molecule has 0 saturated carbocycles. The van der Waals surface area contributed by atoms with Crippen molar-refractivity contribution >= 4 is 22.7 Å². The van der Waals surface area contributed by atoms with E-state index in [9.17, 15) is 9.59 Å². The molecule has 2 aliphatic rings. The highest BCUT2D eigenvalue weighted by Crippen LogP contribution is 2.41. The third-order valence-electron chi connectivity index (χ3n) is 6.14. The quantitative estimate of drug-likeness (QED) is 0.749. The average Bonchev–Trinajstić information content (AvgIpc) is 3.10. The molecule has 2 aromatic carbocycles. The number of carbonyl (C=O) groups is 2. The van der Waals surface area contributed by atoms with Crippen LogP contribution >= 0.6 is 0 Å². The molecule has 6 nitrogen and oxygen atoms in total. The zero-order valence-electron chi connectivity index (χ0n) is 16.5.